The predicted molar refractivity (Wildman–Crippen MR) is 89.4 cm³/mol. The first kappa shape index (κ1) is 15.1. The molecule has 0 amide bonds. The van der Waals surface area contributed by atoms with E-state index in [0.29, 0.717) is 12.1 Å². The van der Waals surface area contributed by atoms with E-state index in [-0.39, 0.29) is 0 Å². The molecule has 2 fully saturated rings. The van der Waals surface area contributed by atoms with Crippen molar-refractivity contribution in [2.45, 2.75) is 58.2 Å². The molecule has 0 radical (unpaired) electrons. The molecule has 2 aliphatic rings. The van der Waals surface area contributed by atoms with Gasteiger partial charge < -0.3 is 0 Å². The van der Waals surface area contributed by atoms with Crippen molar-refractivity contribution >= 4 is 0 Å². The van der Waals surface area contributed by atoms with Crippen molar-refractivity contribution < 1.29 is 0 Å². The van der Waals surface area contributed by atoms with E-state index in [4.69, 9.17) is 0 Å². The van der Waals surface area contributed by atoms with Crippen molar-refractivity contribution in [3.05, 3.63) is 35.9 Å². The summed E-state index contributed by atoms with van der Waals surface area (Å²) in [6.45, 7) is 11.0. The summed E-state index contributed by atoms with van der Waals surface area (Å²) in [5.41, 5.74) is 1.50. The van der Waals surface area contributed by atoms with Crippen LogP contribution in [-0.4, -0.2) is 41.5 Å². The van der Waals surface area contributed by atoms with Gasteiger partial charge in [-0.25, -0.2) is 0 Å². The average molecular weight is 286 g/mol. The van der Waals surface area contributed by atoms with Gasteiger partial charge in [0, 0.05) is 31.2 Å². The normalized spacial score (nSPS) is 30.0. The maximum Gasteiger partial charge on any atom is 0.0478 e. The Hall–Kier alpha value is -0.860. The molecule has 2 heterocycles. The van der Waals surface area contributed by atoms with Gasteiger partial charge in [0.2, 0.25) is 0 Å². The molecule has 4 atom stereocenters. The topological polar surface area (TPSA) is 6.48 Å². The van der Waals surface area contributed by atoms with Gasteiger partial charge in [-0.1, -0.05) is 50.6 Å². The highest BCUT2D eigenvalue weighted by molar-refractivity contribution is 5.21. The molecule has 2 saturated heterocycles. The van der Waals surface area contributed by atoms with Gasteiger partial charge in [0.1, 0.15) is 0 Å². The second kappa shape index (κ2) is 6.50. The smallest absolute Gasteiger partial charge is 0.0478 e. The molecule has 0 saturated carbocycles. The molecule has 0 aromatic heterocycles. The van der Waals surface area contributed by atoms with Crippen molar-refractivity contribution in [3.8, 4) is 0 Å². The quantitative estimate of drug-likeness (QED) is 0.827. The van der Waals surface area contributed by atoms with E-state index in [1.165, 1.54) is 44.5 Å². The number of nitrogens with zero attached hydrogens (tertiary/aromatic N) is 2. The number of hydrogen-bond acceptors (Lipinski definition) is 2. The second-order valence-corrected chi connectivity index (χ2v) is 7.04. The maximum atomic E-state index is 2.80. The third kappa shape index (κ3) is 3.02. The third-order valence-electron chi connectivity index (χ3n) is 5.90. The van der Waals surface area contributed by atoms with Gasteiger partial charge in [-0.2, -0.15) is 0 Å². The highest BCUT2D eigenvalue weighted by Gasteiger charge is 2.39. The van der Waals surface area contributed by atoms with Crippen LogP contribution in [-0.2, 0) is 0 Å². The highest BCUT2D eigenvalue weighted by Crippen LogP contribution is 2.35. The zero-order chi connectivity index (χ0) is 14.8. The summed E-state index contributed by atoms with van der Waals surface area (Å²) in [5.74, 6) is 0.768. The molecule has 1 aromatic rings. The first-order valence-corrected chi connectivity index (χ1v) is 8.75. The summed E-state index contributed by atoms with van der Waals surface area (Å²) >= 11 is 0. The fraction of sp³-hybridized carbons (Fsp3) is 0.684. The van der Waals surface area contributed by atoms with Crippen molar-refractivity contribution in [1.82, 2.24) is 9.80 Å². The lowest BCUT2D eigenvalue weighted by Gasteiger charge is -2.48. The minimum Gasteiger partial charge on any atom is -0.297 e. The standard InChI is InChI=1S/C19H30N2/c1-4-15(2)16(3)21-13-18-11-8-12-20(18)14-19(21)17-9-6-5-7-10-17/h5-7,9-10,15-16,18-19H,4,8,11-14H2,1-3H3. The predicted octanol–water partition coefficient (Wildman–Crippen LogP) is 3.94. The molecular weight excluding hydrogens is 256 g/mol. The molecule has 0 spiro atoms. The molecule has 4 unspecified atom stereocenters. The summed E-state index contributed by atoms with van der Waals surface area (Å²) in [5, 5.41) is 0. The Labute approximate surface area is 130 Å². The minimum atomic E-state index is 0.574. The Kier molecular flexibility index (Phi) is 4.66. The average Bonchev–Trinajstić information content (AvgIpc) is 3.00. The highest BCUT2D eigenvalue weighted by atomic mass is 15.3. The van der Waals surface area contributed by atoms with Crippen LogP contribution in [0.3, 0.4) is 0 Å². The van der Waals surface area contributed by atoms with Crippen LogP contribution in [0.2, 0.25) is 0 Å². The first-order chi connectivity index (χ1) is 10.2. The molecule has 21 heavy (non-hydrogen) atoms. The molecule has 2 aliphatic heterocycles. The SMILES string of the molecule is CCC(C)C(C)N1CC2CCCN2CC1c1ccccc1. The van der Waals surface area contributed by atoms with Gasteiger partial charge in [-0.3, -0.25) is 9.80 Å². The summed E-state index contributed by atoms with van der Waals surface area (Å²) in [7, 11) is 0. The monoisotopic (exact) mass is 286 g/mol. The zero-order valence-electron chi connectivity index (χ0n) is 13.8. The van der Waals surface area contributed by atoms with E-state index < -0.39 is 0 Å². The Balaban J connectivity index is 1.85. The van der Waals surface area contributed by atoms with Gasteiger partial charge in [-0.05, 0) is 37.8 Å². The molecule has 3 rings (SSSR count). The number of rotatable bonds is 4. The third-order valence-corrected chi connectivity index (χ3v) is 5.90. The lowest BCUT2D eigenvalue weighted by atomic mass is 9.92. The molecule has 0 bridgehead atoms. The Bertz CT molecular complexity index is 444. The molecule has 116 valence electrons. The van der Waals surface area contributed by atoms with Crippen molar-refractivity contribution in [3.63, 3.8) is 0 Å². The van der Waals surface area contributed by atoms with Crippen molar-refractivity contribution in [2.24, 2.45) is 5.92 Å². The minimum absolute atomic E-state index is 0.574. The van der Waals surface area contributed by atoms with Crippen LogP contribution in [0.5, 0.6) is 0 Å². The lowest BCUT2D eigenvalue weighted by Crippen LogP contribution is -2.55. The van der Waals surface area contributed by atoms with E-state index in [1.807, 2.05) is 0 Å². The van der Waals surface area contributed by atoms with Crippen LogP contribution in [0.25, 0.3) is 0 Å². The van der Waals surface area contributed by atoms with Crippen LogP contribution in [0.1, 0.15) is 51.6 Å². The molecular formula is C19H30N2. The number of hydrogen-bond donors (Lipinski definition) is 0. The Morgan fingerprint density at radius 2 is 1.90 bits per heavy atom. The van der Waals surface area contributed by atoms with Gasteiger partial charge in [0.15, 0.2) is 0 Å². The van der Waals surface area contributed by atoms with E-state index >= 15 is 0 Å². The molecule has 0 N–H and O–H groups in total. The van der Waals surface area contributed by atoms with Crippen LogP contribution in [0.15, 0.2) is 30.3 Å². The zero-order valence-corrected chi connectivity index (χ0v) is 13.8. The van der Waals surface area contributed by atoms with Gasteiger partial charge in [0.05, 0.1) is 0 Å². The molecule has 0 aliphatic carbocycles. The summed E-state index contributed by atoms with van der Waals surface area (Å²) in [6.07, 6.45) is 4.05. The van der Waals surface area contributed by atoms with Crippen LogP contribution < -0.4 is 0 Å². The van der Waals surface area contributed by atoms with Gasteiger partial charge in [-0.15, -0.1) is 0 Å². The number of fused-ring (bicyclic) bond motifs is 1. The molecule has 2 nitrogen and oxygen atoms in total. The summed E-state index contributed by atoms with van der Waals surface area (Å²) < 4.78 is 0. The van der Waals surface area contributed by atoms with Crippen molar-refractivity contribution in [1.29, 1.82) is 0 Å². The van der Waals surface area contributed by atoms with E-state index in [0.717, 1.165) is 12.0 Å². The fourth-order valence-corrected chi connectivity index (χ4v) is 4.13. The lowest BCUT2D eigenvalue weighted by molar-refractivity contribution is 0.00775. The van der Waals surface area contributed by atoms with Crippen LogP contribution in [0.4, 0.5) is 0 Å². The van der Waals surface area contributed by atoms with E-state index in [2.05, 4.69) is 60.9 Å². The Morgan fingerprint density at radius 3 is 2.62 bits per heavy atom. The molecule has 1 aromatic carbocycles. The summed E-state index contributed by atoms with van der Waals surface area (Å²) in [4.78, 5) is 5.54. The van der Waals surface area contributed by atoms with Crippen LogP contribution in [0, 0.1) is 5.92 Å². The van der Waals surface area contributed by atoms with Crippen LogP contribution >= 0.6 is 0 Å². The van der Waals surface area contributed by atoms with E-state index in [1.54, 1.807) is 0 Å². The Morgan fingerprint density at radius 1 is 1.14 bits per heavy atom. The number of piperazine rings is 1. The summed E-state index contributed by atoms with van der Waals surface area (Å²) in [6, 6.07) is 13.2. The van der Waals surface area contributed by atoms with Gasteiger partial charge in [0.25, 0.3) is 0 Å². The molecule has 2 heteroatoms. The first-order valence-electron chi connectivity index (χ1n) is 8.75. The van der Waals surface area contributed by atoms with Gasteiger partial charge >= 0.3 is 0 Å². The number of benzene rings is 1. The maximum absolute atomic E-state index is 2.80. The van der Waals surface area contributed by atoms with Crippen molar-refractivity contribution in [2.75, 3.05) is 19.6 Å². The van der Waals surface area contributed by atoms with E-state index in [9.17, 15) is 0 Å². The largest absolute Gasteiger partial charge is 0.297 e. The second-order valence-electron chi connectivity index (χ2n) is 7.04. The fourth-order valence-electron chi connectivity index (χ4n) is 4.13.